The average Bonchev–Trinajstić information content (AvgIpc) is 2.83. The van der Waals surface area contributed by atoms with E-state index in [1.807, 2.05) is 12.1 Å². The Labute approximate surface area is 184 Å². The number of fused-ring (bicyclic) bond motifs is 3. The zero-order chi connectivity index (χ0) is 21.4. The maximum Gasteiger partial charge on any atom is 0.118 e. The molecule has 5 rings (SSSR count). The highest BCUT2D eigenvalue weighted by Gasteiger charge is 2.39. The van der Waals surface area contributed by atoms with Gasteiger partial charge in [-0.2, -0.15) is 0 Å². The van der Waals surface area contributed by atoms with Crippen molar-refractivity contribution in [2.45, 2.75) is 11.5 Å². The van der Waals surface area contributed by atoms with Gasteiger partial charge in [0.05, 0.1) is 19.1 Å². The number of nitrogens with zero attached hydrogens (tertiary/aromatic N) is 1. The molecule has 0 saturated carbocycles. The fourth-order valence-corrected chi connectivity index (χ4v) is 4.65. The third-order valence-corrected chi connectivity index (χ3v) is 6.43. The number of hydrogen-bond donors (Lipinski definition) is 0. The SMILES string of the molecule is COc1ccc(C2(c3ccc(N(C)C)cc3)C=C3C=Cc4ccccc4C3OC2)cc1. The summed E-state index contributed by atoms with van der Waals surface area (Å²) in [5, 5.41) is 0. The Morgan fingerprint density at radius 1 is 0.871 bits per heavy atom. The maximum atomic E-state index is 6.61. The van der Waals surface area contributed by atoms with Gasteiger partial charge in [-0.25, -0.2) is 0 Å². The number of benzene rings is 3. The monoisotopic (exact) mass is 409 g/mol. The zero-order valence-electron chi connectivity index (χ0n) is 18.2. The summed E-state index contributed by atoms with van der Waals surface area (Å²) in [5.41, 5.74) is 6.92. The molecule has 156 valence electrons. The highest BCUT2D eigenvalue weighted by atomic mass is 16.5. The van der Waals surface area contributed by atoms with Gasteiger partial charge in [-0.1, -0.05) is 66.8 Å². The van der Waals surface area contributed by atoms with Crippen LogP contribution in [0.2, 0.25) is 0 Å². The molecule has 3 heteroatoms. The van der Waals surface area contributed by atoms with Gasteiger partial charge in [-0.3, -0.25) is 0 Å². The second kappa shape index (κ2) is 7.75. The van der Waals surface area contributed by atoms with Gasteiger partial charge < -0.3 is 14.4 Å². The van der Waals surface area contributed by atoms with Crippen molar-refractivity contribution in [3.8, 4) is 5.75 Å². The molecule has 3 aromatic rings. The summed E-state index contributed by atoms with van der Waals surface area (Å²) < 4.78 is 12.0. The van der Waals surface area contributed by atoms with Gasteiger partial charge in [0.1, 0.15) is 11.9 Å². The zero-order valence-corrected chi connectivity index (χ0v) is 18.2. The lowest BCUT2D eigenvalue weighted by atomic mass is 9.71. The van der Waals surface area contributed by atoms with E-state index < -0.39 is 0 Å². The van der Waals surface area contributed by atoms with Gasteiger partial charge in [-0.05, 0) is 52.1 Å². The third-order valence-electron chi connectivity index (χ3n) is 6.43. The predicted octanol–water partition coefficient (Wildman–Crippen LogP) is 5.77. The van der Waals surface area contributed by atoms with Crippen LogP contribution in [0.25, 0.3) is 6.08 Å². The number of hydrogen-bond acceptors (Lipinski definition) is 3. The maximum absolute atomic E-state index is 6.61. The molecular weight excluding hydrogens is 382 g/mol. The molecule has 1 aliphatic heterocycles. The van der Waals surface area contributed by atoms with Crippen molar-refractivity contribution in [2.75, 3.05) is 32.7 Å². The summed E-state index contributed by atoms with van der Waals surface area (Å²) in [6.45, 7) is 0.580. The molecule has 0 saturated heterocycles. The van der Waals surface area contributed by atoms with E-state index in [0.29, 0.717) is 6.61 Å². The van der Waals surface area contributed by atoms with Gasteiger partial charge >= 0.3 is 0 Å². The normalized spacial score (nSPS) is 21.6. The van der Waals surface area contributed by atoms with E-state index in [9.17, 15) is 0 Å². The van der Waals surface area contributed by atoms with Crippen LogP contribution < -0.4 is 9.64 Å². The Kier molecular flexibility index (Phi) is 4.91. The molecule has 0 fully saturated rings. The topological polar surface area (TPSA) is 21.7 Å². The van der Waals surface area contributed by atoms with E-state index in [0.717, 1.165) is 5.75 Å². The van der Waals surface area contributed by atoms with Gasteiger partial charge in [0, 0.05) is 19.8 Å². The van der Waals surface area contributed by atoms with Crippen molar-refractivity contribution in [1.29, 1.82) is 0 Å². The van der Waals surface area contributed by atoms with Crippen molar-refractivity contribution in [2.24, 2.45) is 0 Å². The van der Waals surface area contributed by atoms with Crippen LogP contribution >= 0.6 is 0 Å². The summed E-state index contributed by atoms with van der Waals surface area (Å²) in [6.07, 6.45) is 6.78. The van der Waals surface area contributed by atoms with E-state index in [-0.39, 0.29) is 11.5 Å². The molecule has 1 aliphatic carbocycles. The van der Waals surface area contributed by atoms with Gasteiger partial charge in [0.2, 0.25) is 0 Å². The highest BCUT2D eigenvalue weighted by molar-refractivity contribution is 5.65. The molecule has 1 heterocycles. The summed E-state index contributed by atoms with van der Waals surface area (Å²) in [5.74, 6) is 0.857. The van der Waals surface area contributed by atoms with Crippen molar-refractivity contribution >= 4 is 11.8 Å². The van der Waals surface area contributed by atoms with E-state index in [1.165, 1.54) is 33.5 Å². The lowest BCUT2D eigenvalue weighted by Gasteiger charge is -2.40. The van der Waals surface area contributed by atoms with E-state index in [1.54, 1.807) is 7.11 Å². The second-order valence-electron chi connectivity index (χ2n) is 8.44. The molecule has 2 unspecified atom stereocenters. The summed E-state index contributed by atoms with van der Waals surface area (Å²) in [4.78, 5) is 2.12. The first kappa shape index (κ1) is 19.7. The Morgan fingerprint density at radius 2 is 1.55 bits per heavy atom. The minimum Gasteiger partial charge on any atom is -0.497 e. The minimum atomic E-state index is -0.362. The van der Waals surface area contributed by atoms with Crippen LogP contribution in [0.5, 0.6) is 5.75 Å². The summed E-state index contributed by atoms with van der Waals surface area (Å²) >= 11 is 0. The number of anilines is 1. The van der Waals surface area contributed by atoms with Crippen LogP contribution in [0.3, 0.4) is 0 Å². The molecule has 31 heavy (non-hydrogen) atoms. The lowest BCUT2D eigenvalue weighted by Crippen LogP contribution is -2.37. The average molecular weight is 410 g/mol. The smallest absolute Gasteiger partial charge is 0.118 e. The van der Waals surface area contributed by atoms with Crippen LogP contribution in [-0.4, -0.2) is 27.8 Å². The van der Waals surface area contributed by atoms with Gasteiger partial charge in [-0.15, -0.1) is 0 Å². The predicted molar refractivity (Wildman–Crippen MR) is 127 cm³/mol. The molecule has 0 radical (unpaired) electrons. The second-order valence-corrected chi connectivity index (χ2v) is 8.44. The molecule has 0 aromatic heterocycles. The van der Waals surface area contributed by atoms with Crippen molar-refractivity contribution in [3.63, 3.8) is 0 Å². The van der Waals surface area contributed by atoms with Crippen molar-refractivity contribution in [3.05, 3.63) is 113 Å². The van der Waals surface area contributed by atoms with Gasteiger partial charge in [0.25, 0.3) is 0 Å². The molecule has 2 atom stereocenters. The third kappa shape index (κ3) is 3.35. The lowest BCUT2D eigenvalue weighted by molar-refractivity contribution is 0.0455. The first-order valence-electron chi connectivity index (χ1n) is 10.6. The summed E-state index contributed by atoms with van der Waals surface area (Å²) in [6, 6.07) is 25.7. The van der Waals surface area contributed by atoms with Crippen LogP contribution in [0.15, 0.2) is 90.5 Å². The molecule has 2 aliphatic rings. The Hall–Kier alpha value is -3.30. The minimum absolute atomic E-state index is 0.0198. The van der Waals surface area contributed by atoms with E-state index in [2.05, 4.69) is 97.9 Å². The Balaban J connectivity index is 1.65. The molecule has 0 spiro atoms. The Bertz CT molecular complexity index is 1140. The molecular formula is C28H27NO2. The number of rotatable bonds is 4. The molecule has 0 amide bonds. The van der Waals surface area contributed by atoms with E-state index >= 15 is 0 Å². The van der Waals surface area contributed by atoms with Crippen molar-refractivity contribution < 1.29 is 9.47 Å². The molecule has 0 bridgehead atoms. The first-order chi connectivity index (χ1) is 15.1. The van der Waals surface area contributed by atoms with Crippen LogP contribution in [0.1, 0.15) is 28.4 Å². The fourth-order valence-electron chi connectivity index (χ4n) is 4.65. The van der Waals surface area contributed by atoms with Gasteiger partial charge in [0.15, 0.2) is 0 Å². The Morgan fingerprint density at radius 3 is 2.23 bits per heavy atom. The first-order valence-corrected chi connectivity index (χ1v) is 10.6. The number of ether oxygens (including phenoxy) is 2. The van der Waals surface area contributed by atoms with Crippen LogP contribution in [0, 0.1) is 0 Å². The van der Waals surface area contributed by atoms with Crippen molar-refractivity contribution in [1.82, 2.24) is 0 Å². The van der Waals surface area contributed by atoms with E-state index in [4.69, 9.17) is 9.47 Å². The van der Waals surface area contributed by atoms with Crippen LogP contribution in [0.4, 0.5) is 5.69 Å². The quantitative estimate of drug-likeness (QED) is 0.546. The molecule has 0 N–H and O–H groups in total. The standard InChI is InChI=1S/C28H27NO2/c1-29(2)24-14-10-22(11-15-24)28(23-12-16-25(30-3)17-13-23)18-21-9-8-20-6-4-5-7-26(20)27(21)31-19-28/h4-18,27H,19H2,1-3H3. The molecule has 3 aromatic carbocycles. The summed E-state index contributed by atoms with van der Waals surface area (Å²) in [7, 11) is 5.83. The fraction of sp³-hybridized carbons (Fsp3) is 0.214. The highest BCUT2D eigenvalue weighted by Crippen LogP contribution is 2.46. The largest absolute Gasteiger partial charge is 0.497 e. The number of methoxy groups -OCH3 is 1. The molecule has 3 nitrogen and oxygen atoms in total. The van der Waals surface area contributed by atoms with Crippen LogP contribution in [-0.2, 0) is 10.2 Å².